The lowest BCUT2D eigenvalue weighted by atomic mass is 9.99. The average Bonchev–Trinajstić information content (AvgIpc) is 2.74. The average molecular weight is 240 g/mol. The Morgan fingerprint density at radius 2 is 1.83 bits per heavy atom. The largest absolute Gasteiger partial charge is 0.294 e. The van der Waals surface area contributed by atoms with Crippen LogP contribution in [0.3, 0.4) is 0 Å². The highest BCUT2D eigenvalue weighted by Crippen LogP contribution is 2.29. The van der Waals surface area contributed by atoms with Crippen molar-refractivity contribution in [3.05, 3.63) is 58.9 Å². The molecule has 0 amide bonds. The lowest BCUT2D eigenvalue weighted by molar-refractivity contribution is 0.0994. The first-order valence-electron chi connectivity index (χ1n) is 6.08. The molecule has 18 heavy (non-hydrogen) atoms. The molecule has 0 N–H and O–H groups in total. The molecule has 0 unspecified atom stereocenters. The van der Waals surface area contributed by atoms with Crippen molar-refractivity contribution in [1.29, 1.82) is 0 Å². The van der Waals surface area contributed by atoms with Crippen molar-refractivity contribution < 1.29 is 9.18 Å². The SMILES string of the molecule is Cc1ccc(F)c(-c2ccc3c(c2)CCC3=O)c1. The van der Waals surface area contributed by atoms with Crippen LogP contribution < -0.4 is 0 Å². The van der Waals surface area contributed by atoms with Crippen LogP contribution in [0.15, 0.2) is 36.4 Å². The molecule has 0 fully saturated rings. The summed E-state index contributed by atoms with van der Waals surface area (Å²) < 4.78 is 13.8. The molecule has 0 heterocycles. The van der Waals surface area contributed by atoms with Crippen LogP contribution in [0.1, 0.15) is 27.9 Å². The van der Waals surface area contributed by atoms with Crippen molar-refractivity contribution in [3.8, 4) is 11.1 Å². The molecular formula is C16H13FO. The van der Waals surface area contributed by atoms with E-state index in [1.807, 2.05) is 31.2 Å². The fraction of sp³-hybridized carbons (Fsp3) is 0.188. The number of hydrogen-bond donors (Lipinski definition) is 0. The molecule has 2 heteroatoms. The lowest BCUT2D eigenvalue weighted by Gasteiger charge is -2.07. The van der Waals surface area contributed by atoms with Gasteiger partial charge in [-0.3, -0.25) is 4.79 Å². The van der Waals surface area contributed by atoms with Crippen LogP contribution in [-0.4, -0.2) is 5.78 Å². The molecule has 0 aromatic heterocycles. The highest BCUT2D eigenvalue weighted by Gasteiger charge is 2.19. The predicted molar refractivity (Wildman–Crippen MR) is 69.2 cm³/mol. The highest BCUT2D eigenvalue weighted by molar-refractivity contribution is 6.00. The van der Waals surface area contributed by atoms with Gasteiger partial charge in [0.05, 0.1) is 0 Å². The van der Waals surface area contributed by atoms with Gasteiger partial charge in [0.1, 0.15) is 5.82 Å². The van der Waals surface area contributed by atoms with Crippen LogP contribution in [0.25, 0.3) is 11.1 Å². The van der Waals surface area contributed by atoms with Gasteiger partial charge in [-0.2, -0.15) is 0 Å². The van der Waals surface area contributed by atoms with Crippen LogP contribution >= 0.6 is 0 Å². The minimum Gasteiger partial charge on any atom is -0.294 e. The number of ketones is 1. The molecule has 0 radical (unpaired) electrons. The summed E-state index contributed by atoms with van der Waals surface area (Å²) in [5, 5.41) is 0. The maximum Gasteiger partial charge on any atom is 0.163 e. The summed E-state index contributed by atoms with van der Waals surface area (Å²) in [6.45, 7) is 1.94. The summed E-state index contributed by atoms with van der Waals surface area (Å²) in [6, 6.07) is 10.7. The zero-order valence-corrected chi connectivity index (χ0v) is 10.2. The predicted octanol–water partition coefficient (Wildman–Crippen LogP) is 3.93. The van der Waals surface area contributed by atoms with E-state index in [0.29, 0.717) is 12.0 Å². The number of carbonyl (C=O) groups is 1. The van der Waals surface area contributed by atoms with Gasteiger partial charge in [0.2, 0.25) is 0 Å². The van der Waals surface area contributed by atoms with Crippen LogP contribution in [0, 0.1) is 12.7 Å². The monoisotopic (exact) mass is 240 g/mol. The van der Waals surface area contributed by atoms with Crippen molar-refractivity contribution in [1.82, 2.24) is 0 Å². The second kappa shape index (κ2) is 4.05. The van der Waals surface area contributed by atoms with Gasteiger partial charge >= 0.3 is 0 Å². The summed E-state index contributed by atoms with van der Waals surface area (Å²) >= 11 is 0. The Morgan fingerprint density at radius 1 is 1.00 bits per heavy atom. The molecule has 2 aromatic rings. The summed E-state index contributed by atoms with van der Waals surface area (Å²) in [7, 11) is 0. The number of halogens is 1. The first kappa shape index (κ1) is 11.1. The summed E-state index contributed by atoms with van der Waals surface area (Å²) in [5.74, 6) is -0.0221. The molecule has 3 rings (SSSR count). The van der Waals surface area contributed by atoms with Crippen LogP contribution in [0.2, 0.25) is 0 Å². The fourth-order valence-corrected chi connectivity index (χ4v) is 2.48. The Bertz CT molecular complexity index is 644. The smallest absolute Gasteiger partial charge is 0.163 e. The van der Waals surface area contributed by atoms with Crippen LogP contribution in [0.4, 0.5) is 4.39 Å². The topological polar surface area (TPSA) is 17.1 Å². The Morgan fingerprint density at radius 3 is 2.67 bits per heavy atom. The number of aryl methyl sites for hydroxylation is 2. The van der Waals surface area contributed by atoms with E-state index in [0.717, 1.165) is 28.7 Å². The first-order chi connectivity index (χ1) is 8.65. The molecular weight excluding hydrogens is 227 g/mol. The number of fused-ring (bicyclic) bond motifs is 1. The molecule has 0 spiro atoms. The van der Waals surface area contributed by atoms with E-state index in [1.54, 1.807) is 6.07 Å². The summed E-state index contributed by atoms with van der Waals surface area (Å²) in [4.78, 5) is 11.6. The van der Waals surface area contributed by atoms with Gasteiger partial charge < -0.3 is 0 Å². The van der Waals surface area contributed by atoms with Gasteiger partial charge in [0, 0.05) is 17.5 Å². The Kier molecular flexibility index (Phi) is 2.51. The van der Waals surface area contributed by atoms with Crippen molar-refractivity contribution >= 4 is 5.78 Å². The minimum absolute atomic E-state index is 0.196. The molecule has 1 aliphatic carbocycles. The maximum atomic E-state index is 13.8. The second-order valence-electron chi connectivity index (χ2n) is 4.78. The minimum atomic E-state index is -0.218. The van der Waals surface area contributed by atoms with Crippen molar-refractivity contribution in [2.75, 3.05) is 0 Å². The van der Waals surface area contributed by atoms with E-state index >= 15 is 0 Å². The zero-order chi connectivity index (χ0) is 12.7. The van der Waals surface area contributed by atoms with Gasteiger partial charge in [-0.1, -0.05) is 29.8 Å². The summed E-state index contributed by atoms with van der Waals surface area (Å²) in [6.07, 6.45) is 1.35. The number of benzene rings is 2. The molecule has 0 saturated heterocycles. The highest BCUT2D eigenvalue weighted by atomic mass is 19.1. The maximum absolute atomic E-state index is 13.8. The van der Waals surface area contributed by atoms with Crippen LogP contribution in [0.5, 0.6) is 0 Å². The molecule has 0 atom stereocenters. The first-order valence-corrected chi connectivity index (χ1v) is 6.08. The second-order valence-corrected chi connectivity index (χ2v) is 4.78. The third-order valence-electron chi connectivity index (χ3n) is 3.46. The number of carbonyl (C=O) groups excluding carboxylic acids is 1. The van der Waals surface area contributed by atoms with E-state index in [2.05, 4.69) is 0 Å². The van der Waals surface area contributed by atoms with Crippen molar-refractivity contribution in [3.63, 3.8) is 0 Å². The van der Waals surface area contributed by atoms with Gasteiger partial charge in [-0.25, -0.2) is 4.39 Å². The number of Topliss-reactive ketones (excluding diaryl/α,β-unsaturated/α-hetero) is 1. The molecule has 90 valence electrons. The molecule has 0 bridgehead atoms. The van der Waals surface area contributed by atoms with Crippen molar-refractivity contribution in [2.24, 2.45) is 0 Å². The summed E-state index contributed by atoms with van der Waals surface area (Å²) in [5.41, 5.74) is 4.33. The van der Waals surface area contributed by atoms with Crippen LogP contribution in [-0.2, 0) is 6.42 Å². The Hall–Kier alpha value is -1.96. The molecule has 0 saturated carbocycles. The Balaban J connectivity index is 2.13. The van der Waals surface area contributed by atoms with Gasteiger partial charge in [0.25, 0.3) is 0 Å². The van der Waals surface area contributed by atoms with E-state index < -0.39 is 0 Å². The van der Waals surface area contributed by atoms with Gasteiger partial charge in [-0.05, 0) is 36.6 Å². The third-order valence-corrected chi connectivity index (χ3v) is 3.46. The standard InChI is InChI=1S/C16H13FO/c1-10-2-6-15(17)14(8-10)12-3-5-13-11(9-12)4-7-16(13)18/h2-3,5-6,8-9H,4,7H2,1H3. The quantitative estimate of drug-likeness (QED) is 0.738. The molecule has 2 aromatic carbocycles. The molecule has 0 aliphatic heterocycles. The normalized spacial score (nSPS) is 13.8. The van der Waals surface area contributed by atoms with E-state index in [9.17, 15) is 9.18 Å². The van der Waals surface area contributed by atoms with Gasteiger partial charge in [-0.15, -0.1) is 0 Å². The molecule has 1 nitrogen and oxygen atoms in total. The van der Waals surface area contributed by atoms with E-state index in [-0.39, 0.29) is 11.6 Å². The molecule has 1 aliphatic rings. The number of rotatable bonds is 1. The number of hydrogen-bond acceptors (Lipinski definition) is 1. The van der Waals surface area contributed by atoms with Crippen molar-refractivity contribution in [2.45, 2.75) is 19.8 Å². The zero-order valence-electron chi connectivity index (χ0n) is 10.2. The fourth-order valence-electron chi connectivity index (χ4n) is 2.48. The van der Waals surface area contributed by atoms with E-state index in [4.69, 9.17) is 0 Å². The lowest BCUT2D eigenvalue weighted by Crippen LogP contribution is -1.92. The third kappa shape index (κ3) is 1.74. The van der Waals surface area contributed by atoms with E-state index in [1.165, 1.54) is 6.07 Å². The van der Waals surface area contributed by atoms with Gasteiger partial charge in [0.15, 0.2) is 5.78 Å². The Labute approximate surface area is 105 Å².